The van der Waals surface area contributed by atoms with Crippen LogP contribution < -0.4 is 14.8 Å². The van der Waals surface area contributed by atoms with Gasteiger partial charge in [0.2, 0.25) is 0 Å². The molecule has 1 aromatic heterocycles. The summed E-state index contributed by atoms with van der Waals surface area (Å²) >= 11 is 0. The van der Waals surface area contributed by atoms with E-state index in [0.717, 1.165) is 60.6 Å². The lowest BCUT2D eigenvalue weighted by molar-refractivity contribution is 0.211. The number of nitrogens with one attached hydrogen (secondary N) is 1. The molecule has 1 saturated heterocycles. The van der Waals surface area contributed by atoms with E-state index in [1.54, 1.807) is 20.4 Å². The first-order chi connectivity index (χ1) is 15.7. The number of piperidine rings is 1. The standard InChI is InChI=1S/C26H28N4O2/c1-31-22-14-23-24(25(15-22)32-2)16-27-29-26(23)28-21-9-11-30(12-10-21)17-18-7-8-19-5-3-4-6-20(19)13-18/h3-8,13-16,21H,9-12,17H2,1-2H3,(H,28,29). The van der Waals surface area contributed by atoms with Gasteiger partial charge in [0, 0.05) is 42.5 Å². The summed E-state index contributed by atoms with van der Waals surface area (Å²) < 4.78 is 11.0. The summed E-state index contributed by atoms with van der Waals surface area (Å²) in [4.78, 5) is 2.53. The molecule has 1 N–H and O–H groups in total. The molecule has 4 aromatic rings. The molecule has 2 heterocycles. The maximum absolute atomic E-state index is 5.53. The van der Waals surface area contributed by atoms with Crippen LogP contribution in [0.4, 0.5) is 5.82 Å². The van der Waals surface area contributed by atoms with Crippen molar-refractivity contribution < 1.29 is 9.47 Å². The van der Waals surface area contributed by atoms with Crippen LogP contribution >= 0.6 is 0 Å². The molecule has 6 nitrogen and oxygen atoms in total. The second-order valence-electron chi connectivity index (χ2n) is 8.36. The lowest BCUT2D eigenvalue weighted by atomic mass is 10.0. The van der Waals surface area contributed by atoms with Gasteiger partial charge in [0.25, 0.3) is 0 Å². The molecule has 0 bridgehead atoms. The average molecular weight is 429 g/mol. The van der Waals surface area contributed by atoms with Crippen LogP contribution in [0.15, 0.2) is 60.8 Å². The quantitative estimate of drug-likeness (QED) is 0.473. The van der Waals surface area contributed by atoms with Gasteiger partial charge in [-0.1, -0.05) is 36.4 Å². The van der Waals surface area contributed by atoms with Crippen molar-refractivity contribution in [2.24, 2.45) is 0 Å². The number of hydrogen-bond donors (Lipinski definition) is 1. The van der Waals surface area contributed by atoms with E-state index < -0.39 is 0 Å². The molecule has 0 radical (unpaired) electrons. The largest absolute Gasteiger partial charge is 0.497 e. The summed E-state index contributed by atoms with van der Waals surface area (Å²) in [5.41, 5.74) is 1.37. The smallest absolute Gasteiger partial charge is 0.157 e. The number of hydrogen-bond acceptors (Lipinski definition) is 6. The molecular weight excluding hydrogens is 400 g/mol. The molecule has 32 heavy (non-hydrogen) atoms. The van der Waals surface area contributed by atoms with Crippen LogP contribution in [0.5, 0.6) is 11.5 Å². The number of fused-ring (bicyclic) bond motifs is 2. The number of benzene rings is 3. The Balaban J connectivity index is 1.26. The Kier molecular flexibility index (Phi) is 5.77. The van der Waals surface area contributed by atoms with Crippen LogP contribution in [0.1, 0.15) is 18.4 Å². The third kappa shape index (κ3) is 4.18. The lowest BCUT2D eigenvalue weighted by Crippen LogP contribution is -2.38. The molecule has 0 atom stereocenters. The molecule has 5 rings (SSSR count). The average Bonchev–Trinajstić information content (AvgIpc) is 2.84. The highest BCUT2D eigenvalue weighted by molar-refractivity contribution is 5.96. The topological polar surface area (TPSA) is 59.5 Å². The van der Waals surface area contributed by atoms with Crippen LogP contribution in [0.3, 0.4) is 0 Å². The Morgan fingerprint density at radius 2 is 1.75 bits per heavy atom. The van der Waals surface area contributed by atoms with E-state index in [1.165, 1.54) is 16.3 Å². The monoisotopic (exact) mass is 428 g/mol. The highest BCUT2D eigenvalue weighted by atomic mass is 16.5. The van der Waals surface area contributed by atoms with Crippen LogP contribution in [0, 0.1) is 0 Å². The van der Waals surface area contributed by atoms with Gasteiger partial charge in [-0.05, 0) is 41.3 Å². The molecular formula is C26H28N4O2. The van der Waals surface area contributed by atoms with Gasteiger partial charge in [0.15, 0.2) is 5.82 Å². The van der Waals surface area contributed by atoms with E-state index in [1.807, 2.05) is 12.1 Å². The minimum atomic E-state index is 0.361. The Bertz CT molecular complexity index is 1240. The Morgan fingerprint density at radius 1 is 0.938 bits per heavy atom. The molecule has 0 spiro atoms. The molecule has 0 saturated carbocycles. The number of ether oxygens (including phenoxy) is 2. The Hall–Kier alpha value is -3.38. The van der Waals surface area contributed by atoms with Crippen LogP contribution in [-0.2, 0) is 6.54 Å². The van der Waals surface area contributed by atoms with Gasteiger partial charge in [0.1, 0.15) is 11.5 Å². The normalized spacial score (nSPS) is 15.2. The van der Waals surface area contributed by atoms with Crippen molar-refractivity contribution >= 4 is 27.4 Å². The molecule has 0 aliphatic carbocycles. The van der Waals surface area contributed by atoms with Crippen molar-refractivity contribution in [2.45, 2.75) is 25.4 Å². The zero-order chi connectivity index (χ0) is 21.9. The zero-order valence-electron chi connectivity index (χ0n) is 18.5. The molecule has 0 amide bonds. The second-order valence-corrected chi connectivity index (χ2v) is 8.36. The van der Waals surface area contributed by atoms with E-state index in [2.05, 4.69) is 62.9 Å². The number of aromatic nitrogens is 2. The molecule has 3 aromatic carbocycles. The maximum Gasteiger partial charge on any atom is 0.157 e. The first kappa shape index (κ1) is 20.5. The van der Waals surface area contributed by atoms with Crippen molar-refractivity contribution in [1.29, 1.82) is 0 Å². The van der Waals surface area contributed by atoms with Crippen molar-refractivity contribution in [3.8, 4) is 11.5 Å². The zero-order valence-corrected chi connectivity index (χ0v) is 18.5. The SMILES string of the molecule is COc1cc(OC)c2cnnc(NC3CCN(Cc4ccc5ccccc5c4)CC3)c2c1. The summed E-state index contributed by atoms with van der Waals surface area (Å²) in [6.07, 6.45) is 3.87. The minimum absolute atomic E-state index is 0.361. The highest BCUT2D eigenvalue weighted by Gasteiger charge is 2.21. The molecule has 164 valence electrons. The lowest BCUT2D eigenvalue weighted by Gasteiger charge is -2.32. The van der Waals surface area contributed by atoms with Crippen molar-refractivity contribution in [2.75, 3.05) is 32.6 Å². The summed E-state index contributed by atoms with van der Waals surface area (Å²) in [5, 5.41) is 16.7. The van der Waals surface area contributed by atoms with Gasteiger partial charge in [-0.15, -0.1) is 5.10 Å². The molecule has 1 aliphatic heterocycles. The van der Waals surface area contributed by atoms with Crippen molar-refractivity contribution in [3.63, 3.8) is 0 Å². The summed E-state index contributed by atoms with van der Waals surface area (Å²) in [6, 6.07) is 19.5. The number of nitrogens with zero attached hydrogens (tertiary/aromatic N) is 3. The maximum atomic E-state index is 5.53. The number of likely N-dealkylation sites (tertiary alicyclic amines) is 1. The molecule has 0 unspecified atom stereocenters. The van der Waals surface area contributed by atoms with Crippen LogP contribution in [0.25, 0.3) is 21.5 Å². The Labute approximate surface area is 188 Å². The van der Waals surface area contributed by atoms with E-state index in [0.29, 0.717) is 6.04 Å². The van der Waals surface area contributed by atoms with Crippen LogP contribution in [0.2, 0.25) is 0 Å². The van der Waals surface area contributed by atoms with Crippen molar-refractivity contribution in [1.82, 2.24) is 15.1 Å². The fourth-order valence-corrected chi connectivity index (χ4v) is 4.55. The minimum Gasteiger partial charge on any atom is -0.497 e. The molecule has 1 fully saturated rings. The fraction of sp³-hybridized carbons (Fsp3) is 0.308. The van der Waals surface area contributed by atoms with Gasteiger partial charge in [-0.3, -0.25) is 4.90 Å². The van der Waals surface area contributed by atoms with E-state index >= 15 is 0 Å². The highest BCUT2D eigenvalue weighted by Crippen LogP contribution is 2.34. The van der Waals surface area contributed by atoms with E-state index in [-0.39, 0.29) is 0 Å². The van der Waals surface area contributed by atoms with E-state index in [4.69, 9.17) is 9.47 Å². The first-order valence-electron chi connectivity index (χ1n) is 11.1. The van der Waals surface area contributed by atoms with Gasteiger partial charge in [-0.2, -0.15) is 5.10 Å². The Morgan fingerprint density at radius 3 is 2.53 bits per heavy atom. The van der Waals surface area contributed by atoms with Gasteiger partial charge in [-0.25, -0.2) is 0 Å². The predicted octanol–water partition coefficient (Wildman–Crippen LogP) is 4.88. The summed E-state index contributed by atoms with van der Waals surface area (Å²) in [5.74, 6) is 2.27. The fourth-order valence-electron chi connectivity index (χ4n) is 4.55. The van der Waals surface area contributed by atoms with Gasteiger partial charge in [0.05, 0.1) is 20.4 Å². The third-order valence-electron chi connectivity index (χ3n) is 6.32. The first-order valence-corrected chi connectivity index (χ1v) is 11.1. The number of methoxy groups -OCH3 is 2. The summed E-state index contributed by atoms with van der Waals surface area (Å²) in [7, 11) is 3.32. The number of anilines is 1. The van der Waals surface area contributed by atoms with Crippen molar-refractivity contribution in [3.05, 3.63) is 66.4 Å². The van der Waals surface area contributed by atoms with Gasteiger partial charge < -0.3 is 14.8 Å². The van der Waals surface area contributed by atoms with Gasteiger partial charge >= 0.3 is 0 Å². The number of rotatable bonds is 6. The predicted molar refractivity (Wildman–Crippen MR) is 129 cm³/mol. The summed E-state index contributed by atoms with van der Waals surface area (Å²) in [6.45, 7) is 3.09. The molecule has 6 heteroatoms. The third-order valence-corrected chi connectivity index (χ3v) is 6.32. The second kappa shape index (κ2) is 9.01. The van der Waals surface area contributed by atoms with E-state index in [9.17, 15) is 0 Å². The molecule has 1 aliphatic rings. The van der Waals surface area contributed by atoms with Crippen LogP contribution in [-0.4, -0.2) is 48.4 Å².